The first-order valence-electron chi connectivity index (χ1n) is 4.91. The number of hydrogen-bond donors (Lipinski definition) is 1. The fraction of sp³-hybridized carbons (Fsp3) is 0.364. The van der Waals surface area contributed by atoms with Crippen LogP contribution in [0.25, 0.3) is 0 Å². The Bertz CT molecular complexity index is 381. The van der Waals surface area contributed by atoms with Gasteiger partial charge in [-0.25, -0.2) is 0 Å². The topological polar surface area (TPSA) is 29.1 Å². The van der Waals surface area contributed by atoms with Gasteiger partial charge in [0.05, 0.1) is 0 Å². The van der Waals surface area contributed by atoms with Gasteiger partial charge in [0.1, 0.15) is 5.88 Å². The Morgan fingerprint density at radius 3 is 3.20 bits per heavy atom. The largest absolute Gasteiger partial charge is 0.325 e. The molecular weight excluding hydrogens is 230 g/mol. The van der Waals surface area contributed by atoms with E-state index in [1.54, 1.807) is 0 Å². The lowest BCUT2D eigenvalue weighted by atomic mass is 10.1. The molecule has 0 spiro atoms. The fourth-order valence-electron chi connectivity index (χ4n) is 1.63. The van der Waals surface area contributed by atoms with Crippen LogP contribution in [0.2, 0.25) is 0 Å². The van der Waals surface area contributed by atoms with Crippen molar-refractivity contribution in [2.75, 3.05) is 16.9 Å². The third-order valence-electron chi connectivity index (χ3n) is 2.31. The van der Waals surface area contributed by atoms with Gasteiger partial charge in [0.2, 0.25) is 5.91 Å². The third kappa shape index (κ3) is 2.67. The van der Waals surface area contributed by atoms with Crippen molar-refractivity contribution in [3.63, 3.8) is 0 Å². The van der Waals surface area contributed by atoms with Crippen molar-refractivity contribution >= 4 is 35.0 Å². The highest BCUT2D eigenvalue weighted by atomic mass is 35.5. The van der Waals surface area contributed by atoms with Gasteiger partial charge in [0.25, 0.3) is 0 Å². The first-order valence-corrected chi connectivity index (χ1v) is 6.43. The Morgan fingerprint density at radius 2 is 2.40 bits per heavy atom. The lowest BCUT2D eigenvalue weighted by molar-refractivity contribution is -0.113. The Labute approximate surface area is 98.4 Å². The van der Waals surface area contributed by atoms with E-state index >= 15 is 0 Å². The van der Waals surface area contributed by atoms with Crippen LogP contribution in [0.4, 0.5) is 5.69 Å². The highest BCUT2D eigenvalue weighted by molar-refractivity contribution is 7.99. The number of benzene rings is 1. The second-order valence-corrected chi connectivity index (χ2v) is 4.86. The monoisotopic (exact) mass is 241 g/mol. The number of anilines is 1. The number of carbonyl (C=O) groups is 1. The van der Waals surface area contributed by atoms with Crippen molar-refractivity contribution < 1.29 is 4.79 Å². The van der Waals surface area contributed by atoms with E-state index in [0.717, 1.165) is 12.1 Å². The SMILES string of the molecule is O=C(CCl)Nc1ccc2c(c1)CCCS2. The second-order valence-electron chi connectivity index (χ2n) is 3.46. The van der Waals surface area contributed by atoms with Crippen LogP contribution in [-0.4, -0.2) is 17.5 Å². The quantitative estimate of drug-likeness (QED) is 0.807. The van der Waals surface area contributed by atoms with Crippen LogP contribution < -0.4 is 5.32 Å². The van der Waals surface area contributed by atoms with Crippen LogP contribution in [0.1, 0.15) is 12.0 Å². The number of rotatable bonds is 2. The number of halogens is 1. The van der Waals surface area contributed by atoms with Gasteiger partial charge in [-0.05, 0) is 42.4 Å². The molecule has 0 aromatic heterocycles. The minimum atomic E-state index is -0.153. The van der Waals surface area contributed by atoms with Crippen molar-refractivity contribution in [1.82, 2.24) is 0 Å². The minimum absolute atomic E-state index is 0.00579. The molecule has 0 aliphatic carbocycles. The molecule has 0 fully saturated rings. The van der Waals surface area contributed by atoms with Crippen LogP contribution in [-0.2, 0) is 11.2 Å². The van der Waals surface area contributed by atoms with Crippen molar-refractivity contribution in [2.24, 2.45) is 0 Å². The van der Waals surface area contributed by atoms with Gasteiger partial charge < -0.3 is 5.32 Å². The van der Waals surface area contributed by atoms with Crippen LogP contribution in [0.15, 0.2) is 23.1 Å². The summed E-state index contributed by atoms with van der Waals surface area (Å²) in [6.07, 6.45) is 2.32. The zero-order valence-corrected chi connectivity index (χ0v) is 9.83. The first-order chi connectivity index (χ1) is 7.29. The summed E-state index contributed by atoms with van der Waals surface area (Å²) in [5.41, 5.74) is 2.18. The Morgan fingerprint density at radius 1 is 1.53 bits per heavy atom. The number of alkyl halides is 1. The lowest BCUT2D eigenvalue weighted by Crippen LogP contribution is -2.13. The molecule has 0 atom stereocenters. The number of nitrogens with one attached hydrogen (secondary N) is 1. The molecule has 2 nitrogen and oxygen atoms in total. The minimum Gasteiger partial charge on any atom is -0.325 e. The number of carbonyl (C=O) groups excluding carboxylic acids is 1. The average Bonchev–Trinajstić information content (AvgIpc) is 2.29. The molecule has 1 aliphatic rings. The maximum absolute atomic E-state index is 11.1. The molecule has 1 aliphatic heterocycles. The van der Waals surface area contributed by atoms with Crippen molar-refractivity contribution in [1.29, 1.82) is 0 Å². The molecule has 1 amide bonds. The van der Waals surface area contributed by atoms with Crippen LogP contribution in [0.5, 0.6) is 0 Å². The highest BCUT2D eigenvalue weighted by Crippen LogP contribution is 2.31. The van der Waals surface area contributed by atoms with E-state index in [1.807, 2.05) is 23.9 Å². The molecule has 2 rings (SSSR count). The normalized spacial score (nSPS) is 14.5. The van der Waals surface area contributed by atoms with Crippen molar-refractivity contribution in [3.8, 4) is 0 Å². The standard InChI is InChI=1S/C11H12ClNOS/c12-7-11(14)13-9-3-4-10-8(6-9)2-1-5-15-10/h3-4,6H,1-2,5,7H2,(H,13,14). The smallest absolute Gasteiger partial charge is 0.239 e. The summed E-state index contributed by atoms with van der Waals surface area (Å²) in [5.74, 6) is 1.05. The molecule has 80 valence electrons. The number of hydrogen-bond acceptors (Lipinski definition) is 2. The van der Waals surface area contributed by atoms with Crippen LogP contribution in [0.3, 0.4) is 0 Å². The van der Waals surface area contributed by atoms with E-state index in [2.05, 4.69) is 11.4 Å². The molecule has 0 unspecified atom stereocenters. The van der Waals surface area contributed by atoms with Crippen LogP contribution >= 0.6 is 23.4 Å². The Balaban J connectivity index is 2.17. The van der Waals surface area contributed by atoms with E-state index in [-0.39, 0.29) is 11.8 Å². The van der Waals surface area contributed by atoms with E-state index in [1.165, 1.54) is 22.6 Å². The van der Waals surface area contributed by atoms with Crippen molar-refractivity contribution in [2.45, 2.75) is 17.7 Å². The average molecular weight is 242 g/mol. The van der Waals surface area contributed by atoms with Gasteiger partial charge in [0, 0.05) is 10.6 Å². The summed E-state index contributed by atoms with van der Waals surface area (Å²) in [7, 11) is 0. The predicted octanol–water partition coefficient (Wildman–Crippen LogP) is 2.90. The molecule has 1 aromatic rings. The molecule has 0 saturated heterocycles. The maximum atomic E-state index is 11.1. The molecular formula is C11H12ClNOS. The summed E-state index contributed by atoms with van der Waals surface area (Å²) in [6, 6.07) is 6.05. The van der Waals surface area contributed by atoms with Crippen molar-refractivity contribution in [3.05, 3.63) is 23.8 Å². The second kappa shape index (κ2) is 4.90. The highest BCUT2D eigenvalue weighted by Gasteiger charge is 2.10. The lowest BCUT2D eigenvalue weighted by Gasteiger charge is -2.16. The molecule has 0 bridgehead atoms. The zero-order valence-electron chi connectivity index (χ0n) is 8.25. The van der Waals surface area contributed by atoms with Gasteiger partial charge in [-0.3, -0.25) is 4.79 Å². The van der Waals surface area contributed by atoms with E-state index < -0.39 is 0 Å². The fourth-order valence-corrected chi connectivity index (χ4v) is 2.72. The molecule has 4 heteroatoms. The summed E-state index contributed by atoms with van der Waals surface area (Å²) in [5, 5.41) is 2.76. The molecule has 0 saturated carbocycles. The van der Waals surface area contributed by atoms with Gasteiger partial charge in [0.15, 0.2) is 0 Å². The van der Waals surface area contributed by atoms with Gasteiger partial charge >= 0.3 is 0 Å². The third-order valence-corrected chi connectivity index (χ3v) is 3.76. The summed E-state index contributed by atoms with van der Waals surface area (Å²) < 4.78 is 0. The summed E-state index contributed by atoms with van der Waals surface area (Å²) >= 11 is 7.31. The van der Waals surface area contributed by atoms with E-state index in [9.17, 15) is 4.79 Å². The maximum Gasteiger partial charge on any atom is 0.239 e. The summed E-state index contributed by atoms with van der Waals surface area (Å²) in [6.45, 7) is 0. The van der Waals surface area contributed by atoms with Gasteiger partial charge in [-0.2, -0.15) is 0 Å². The molecule has 1 aromatic carbocycles. The van der Waals surface area contributed by atoms with E-state index in [0.29, 0.717) is 0 Å². The molecule has 1 heterocycles. The predicted molar refractivity (Wildman–Crippen MR) is 64.8 cm³/mol. The van der Waals surface area contributed by atoms with E-state index in [4.69, 9.17) is 11.6 Å². The molecule has 1 N–H and O–H groups in total. The molecule has 15 heavy (non-hydrogen) atoms. The van der Waals surface area contributed by atoms with Gasteiger partial charge in [-0.1, -0.05) is 0 Å². The number of amides is 1. The number of thioether (sulfide) groups is 1. The summed E-state index contributed by atoms with van der Waals surface area (Å²) in [4.78, 5) is 12.4. The molecule has 0 radical (unpaired) electrons. The van der Waals surface area contributed by atoms with Crippen LogP contribution in [0, 0.1) is 0 Å². The number of aryl methyl sites for hydroxylation is 1. The first kappa shape index (κ1) is 10.8. The number of fused-ring (bicyclic) bond motifs is 1. The van der Waals surface area contributed by atoms with Gasteiger partial charge in [-0.15, -0.1) is 23.4 Å². The Hall–Kier alpha value is -0.670. The zero-order chi connectivity index (χ0) is 10.7. The Kier molecular flexibility index (Phi) is 3.54.